The van der Waals surface area contributed by atoms with Crippen LogP contribution in [0.25, 0.3) is 0 Å². The third-order valence-corrected chi connectivity index (χ3v) is 6.87. The molecule has 3 aromatic rings. The number of hydrogen-bond donors (Lipinski definition) is 2. The van der Waals surface area contributed by atoms with E-state index in [1.807, 2.05) is 57.2 Å². The lowest BCUT2D eigenvalue weighted by molar-refractivity contribution is -0.116. The van der Waals surface area contributed by atoms with E-state index in [0.717, 1.165) is 27.3 Å². The molecule has 0 aliphatic heterocycles. The van der Waals surface area contributed by atoms with Crippen molar-refractivity contribution in [3.8, 4) is 0 Å². The van der Waals surface area contributed by atoms with Crippen molar-refractivity contribution in [3.05, 3.63) is 95.1 Å². The highest BCUT2D eigenvalue weighted by atomic mass is 32.2. The van der Waals surface area contributed by atoms with E-state index in [-0.39, 0.29) is 17.5 Å². The minimum absolute atomic E-state index is 0.239. The second kappa shape index (κ2) is 10.7. The Kier molecular flexibility index (Phi) is 7.96. The van der Waals surface area contributed by atoms with E-state index in [1.165, 1.54) is 6.92 Å². The third kappa shape index (κ3) is 6.48. The van der Waals surface area contributed by atoms with Gasteiger partial charge in [0.25, 0.3) is 5.91 Å². The quantitative estimate of drug-likeness (QED) is 0.480. The van der Waals surface area contributed by atoms with E-state index >= 15 is 0 Å². The maximum atomic E-state index is 13.2. The van der Waals surface area contributed by atoms with Gasteiger partial charge >= 0.3 is 0 Å². The van der Waals surface area contributed by atoms with Crippen LogP contribution in [-0.2, 0) is 14.8 Å². The maximum absolute atomic E-state index is 13.2. The number of amides is 2. The summed E-state index contributed by atoms with van der Waals surface area (Å²) < 4.78 is 26.4. The number of nitrogens with one attached hydrogen (secondary N) is 2. The molecule has 2 atom stereocenters. The predicted molar refractivity (Wildman–Crippen MR) is 140 cm³/mol. The number of anilines is 2. The van der Waals surface area contributed by atoms with E-state index < -0.39 is 22.0 Å². The second-order valence-corrected chi connectivity index (χ2v) is 10.6. The van der Waals surface area contributed by atoms with E-state index in [9.17, 15) is 18.0 Å². The SMILES string of the molecule is Cc1cc(C)cc(N([C@@H](C)C(=O)Nc2ccccc2C(=O)N[C@H](C)c2ccccc2)S(C)(=O)=O)c1. The number of carbonyl (C=O) groups excluding carboxylic acids is 2. The van der Waals surface area contributed by atoms with Crippen molar-refractivity contribution < 1.29 is 18.0 Å². The molecule has 0 saturated carbocycles. The lowest BCUT2D eigenvalue weighted by atomic mass is 10.1. The Bertz CT molecular complexity index is 1300. The first-order valence-electron chi connectivity index (χ1n) is 11.3. The number of carbonyl (C=O) groups is 2. The number of nitrogens with zero attached hydrogens (tertiary/aromatic N) is 1. The molecule has 0 aliphatic rings. The molecule has 0 aliphatic carbocycles. The zero-order valence-corrected chi connectivity index (χ0v) is 21.4. The fraction of sp³-hybridized carbons (Fsp3) is 0.259. The number of aryl methyl sites for hydroxylation is 2. The molecular weight excluding hydrogens is 462 g/mol. The molecule has 0 aromatic heterocycles. The molecule has 184 valence electrons. The third-order valence-electron chi connectivity index (χ3n) is 5.63. The maximum Gasteiger partial charge on any atom is 0.253 e. The first-order chi connectivity index (χ1) is 16.5. The standard InChI is InChI=1S/C27H31N3O4S/c1-18-15-19(2)17-23(16-18)30(35(5,33)34)21(4)26(31)29-25-14-10-9-13-24(25)27(32)28-20(3)22-11-7-6-8-12-22/h6-17,20-21H,1-5H3,(H,28,32)(H,29,31)/t20-,21+/m1/s1. The molecule has 7 nitrogen and oxygen atoms in total. The number of para-hydroxylation sites is 1. The first-order valence-corrected chi connectivity index (χ1v) is 13.2. The smallest absolute Gasteiger partial charge is 0.253 e. The highest BCUT2D eigenvalue weighted by Crippen LogP contribution is 2.25. The molecule has 0 fully saturated rings. The van der Waals surface area contributed by atoms with Gasteiger partial charge in [0.15, 0.2) is 0 Å². The summed E-state index contributed by atoms with van der Waals surface area (Å²) in [5.41, 5.74) is 3.72. The number of sulfonamides is 1. The van der Waals surface area contributed by atoms with Crippen LogP contribution < -0.4 is 14.9 Å². The van der Waals surface area contributed by atoms with E-state index in [1.54, 1.807) is 36.4 Å². The van der Waals surface area contributed by atoms with Crippen LogP contribution in [0.15, 0.2) is 72.8 Å². The van der Waals surface area contributed by atoms with Gasteiger partial charge in [-0.1, -0.05) is 48.5 Å². The van der Waals surface area contributed by atoms with Crippen LogP contribution in [0.4, 0.5) is 11.4 Å². The zero-order valence-electron chi connectivity index (χ0n) is 20.6. The van der Waals surface area contributed by atoms with Crippen LogP contribution in [0.1, 0.15) is 46.9 Å². The van der Waals surface area contributed by atoms with Crippen LogP contribution in [0.2, 0.25) is 0 Å². The molecule has 2 N–H and O–H groups in total. The summed E-state index contributed by atoms with van der Waals surface area (Å²) in [6.07, 6.45) is 1.07. The molecule has 0 heterocycles. The van der Waals surface area contributed by atoms with Crippen molar-refractivity contribution in [2.24, 2.45) is 0 Å². The molecule has 0 spiro atoms. The monoisotopic (exact) mass is 493 g/mol. The van der Waals surface area contributed by atoms with Gasteiger partial charge in [-0.2, -0.15) is 0 Å². The molecule has 0 bridgehead atoms. The van der Waals surface area contributed by atoms with Crippen molar-refractivity contribution in [1.82, 2.24) is 5.32 Å². The van der Waals surface area contributed by atoms with Crippen LogP contribution in [0.5, 0.6) is 0 Å². The summed E-state index contributed by atoms with van der Waals surface area (Å²) in [6, 6.07) is 20.3. The fourth-order valence-electron chi connectivity index (χ4n) is 4.01. The highest BCUT2D eigenvalue weighted by molar-refractivity contribution is 7.92. The minimum Gasteiger partial charge on any atom is -0.345 e. The molecule has 2 amide bonds. The van der Waals surface area contributed by atoms with Crippen molar-refractivity contribution in [1.29, 1.82) is 0 Å². The largest absolute Gasteiger partial charge is 0.345 e. The minimum atomic E-state index is -3.77. The normalized spacial score (nSPS) is 12.9. The van der Waals surface area contributed by atoms with Gasteiger partial charge in [0, 0.05) is 0 Å². The van der Waals surface area contributed by atoms with Crippen LogP contribution in [0.3, 0.4) is 0 Å². The van der Waals surface area contributed by atoms with Gasteiger partial charge < -0.3 is 10.6 Å². The lowest BCUT2D eigenvalue weighted by Gasteiger charge is -2.29. The average Bonchev–Trinajstić information content (AvgIpc) is 2.78. The van der Waals surface area contributed by atoms with Gasteiger partial charge in [-0.15, -0.1) is 0 Å². The van der Waals surface area contributed by atoms with Gasteiger partial charge in [0.05, 0.1) is 29.2 Å². The van der Waals surface area contributed by atoms with E-state index in [4.69, 9.17) is 0 Å². The van der Waals surface area contributed by atoms with Gasteiger partial charge in [-0.25, -0.2) is 8.42 Å². The summed E-state index contributed by atoms with van der Waals surface area (Å²) in [5, 5.41) is 5.69. The molecule has 3 rings (SSSR count). The van der Waals surface area contributed by atoms with Gasteiger partial charge in [0.1, 0.15) is 6.04 Å². The summed E-state index contributed by atoms with van der Waals surface area (Å²) in [7, 11) is -3.77. The molecular formula is C27H31N3O4S. The molecule has 0 unspecified atom stereocenters. The molecule has 0 saturated heterocycles. The summed E-state index contributed by atoms with van der Waals surface area (Å²) in [6.45, 7) is 7.14. The van der Waals surface area contributed by atoms with Crippen molar-refractivity contribution >= 4 is 33.2 Å². The second-order valence-electron chi connectivity index (χ2n) is 8.72. The van der Waals surface area contributed by atoms with Gasteiger partial charge in [-0.05, 0) is 68.7 Å². The summed E-state index contributed by atoms with van der Waals surface area (Å²) >= 11 is 0. The topological polar surface area (TPSA) is 95.6 Å². The Morgan fingerprint density at radius 1 is 0.857 bits per heavy atom. The number of benzene rings is 3. The molecule has 0 radical (unpaired) electrons. The predicted octanol–water partition coefficient (Wildman–Crippen LogP) is 4.59. The van der Waals surface area contributed by atoms with Gasteiger partial charge in [-0.3, -0.25) is 13.9 Å². The van der Waals surface area contributed by atoms with Crippen molar-refractivity contribution in [2.45, 2.75) is 39.8 Å². The van der Waals surface area contributed by atoms with Crippen LogP contribution in [-0.4, -0.2) is 32.5 Å². The molecule has 35 heavy (non-hydrogen) atoms. The Labute approximate surface area is 207 Å². The van der Waals surface area contributed by atoms with Crippen LogP contribution >= 0.6 is 0 Å². The Balaban J connectivity index is 1.84. The number of rotatable bonds is 8. The average molecular weight is 494 g/mol. The van der Waals surface area contributed by atoms with Crippen molar-refractivity contribution in [2.75, 3.05) is 15.9 Å². The van der Waals surface area contributed by atoms with E-state index in [2.05, 4.69) is 10.6 Å². The first kappa shape index (κ1) is 26.0. The molecule has 3 aromatic carbocycles. The fourth-order valence-corrected chi connectivity index (χ4v) is 5.17. The molecule has 8 heteroatoms. The van der Waals surface area contributed by atoms with Crippen molar-refractivity contribution in [3.63, 3.8) is 0 Å². The number of hydrogen-bond acceptors (Lipinski definition) is 4. The van der Waals surface area contributed by atoms with Crippen LogP contribution in [0, 0.1) is 13.8 Å². The van der Waals surface area contributed by atoms with E-state index in [0.29, 0.717) is 11.4 Å². The Morgan fingerprint density at radius 3 is 2.03 bits per heavy atom. The zero-order chi connectivity index (χ0) is 25.8. The summed E-state index contributed by atoms with van der Waals surface area (Å²) in [5.74, 6) is -0.898. The highest BCUT2D eigenvalue weighted by Gasteiger charge is 2.30. The van der Waals surface area contributed by atoms with Gasteiger partial charge in [0.2, 0.25) is 15.9 Å². The lowest BCUT2D eigenvalue weighted by Crippen LogP contribution is -2.45. The summed E-state index contributed by atoms with van der Waals surface area (Å²) in [4.78, 5) is 26.2. The Morgan fingerprint density at radius 2 is 1.43 bits per heavy atom. The Hall–Kier alpha value is -3.65.